The summed E-state index contributed by atoms with van der Waals surface area (Å²) in [6.07, 6.45) is 9.30. The lowest BCUT2D eigenvalue weighted by Gasteiger charge is -2.37. The zero-order valence-corrected chi connectivity index (χ0v) is 23.8. The second-order valence-corrected chi connectivity index (χ2v) is 12.5. The lowest BCUT2D eigenvalue weighted by atomic mass is 9.93. The van der Waals surface area contributed by atoms with E-state index in [1.54, 1.807) is 18.2 Å². The van der Waals surface area contributed by atoms with Gasteiger partial charge in [-0.2, -0.15) is 9.97 Å². The smallest absolute Gasteiger partial charge is 0.319 e. The highest BCUT2D eigenvalue weighted by Gasteiger charge is 2.49. The number of rotatable bonds is 5. The van der Waals surface area contributed by atoms with E-state index in [-0.39, 0.29) is 47.1 Å². The van der Waals surface area contributed by atoms with Crippen molar-refractivity contribution in [3.05, 3.63) is 53.8 Å². The van der Waals surface area contributed by atoms with Crippen molar-refractivity contribution >= 4 is 27.5 Å². The van der Waals surface area contributed by atoms with Crippen molar-refractivity contribution in [2.45, 2.75) is 55.9 Å². The molecule has 2 N–H and O–H groups in total. The molecule has 2 bridgehead atoms. The number of benzene rings is 3. The summed E-state index contributed by atoms with van der Waals surface area (Å²) in [6, 6.07) is 12.8. The molecule has 43 heavy (non-hydrogen) atoms. The van der Waals surface area contributed by atoms with Gasteiger partial charge in [0.1, 0.15) is 29.9 Å². The molecule has 4 atom stereocenters. The van der Waals surface area contributed by atoms with Gasteiger partial charge in [-0.1, -0.05) is 24.1 Å². The molecule has 3 aromatic carbocycles. The molecule has 0 radical (unpaired) electrons. The fourth-order valence-corrected chi connectivity index (χ4v) is 8.11. The molecular weight excluding hydrogens is 548 g/mol. The first-order valence-electron chi connectivity index (χ1n) is 15.2. The van der Waals surface area contributed by atoms with Crippen LogP contribution in [-0.4, -0.2) is 76.6 Å². The van der Waals surface area contributed by atoms with Crippen LogP contribution < -0.4 is 15.0 Å². The number of fused-ring (bicyclic) bond motifs is 5. The van der Waals surface area contributed by atoms with Crippen molar-refractivity contribution in [1.82, 2.24) is 20.2 Å². The van der Waals surface area contributed by atoms with E-state index in [2.05, 4.69) is 26.0 Å². The highest BCUT2D eigenvalue weighted by atomic mass is 19.1. The minimum atomic E-state index is -0.876. The Balaban J connectivity index is 1.29. The number of aromatic hydroxyl groups is 1. The predicted octanol–water partition coefficient (Wildman–Crippen LogP) is 5.17. The van der Waals surface area contributed by atoms with Crippen molar-refractivity contribution in [3.63, 3.8) is 0 Å². The molecule has 0 amide bonds. The van der Waals surface area contributed by atoms with Crippen LogP contribution in [0.5, 0.6) is 11.8 Å². The Morgan fingerprint density at radius 2 is 1.95 bits per heavy atom. The third-order valence-corrected chi connectivity index (χ3v) is 10.0. The van der Waals surface area contributed by atoms with Crippen molar-refractivity contribution in [3.8, 4) is 35.2 Å². The molecule has 0 saturated carbocycles. The number of alkyl halides is 1. The number of anilines is 1. The van der Waals surface area contributed by atoms with E-state index in [0.717, 1.165) is 50.7 Å². The summed E-state index contributed by atoms with van der Waals surface area (Å²) < 4.78 is 37.6. The van der Waals surface area contributed by atoms with Gasteiger partial charge in [0.05, 0.1) is 5.54 Å². The first-order chi connectivity index (χ1) is 20.9. The minimum Gasteiger partial charge on any atom is -0.508 e. The van der Waals surface area contributed by atoms with Crippen LogP contribution in [0.1, 0.15) is 37.7 Å². The molecule has 5 heterocycles. The van der Waals surface area contributed by atoms with Gasteiger partial charge in [-0.15, -0.1) is 6.42 Å². The van der Waals surface area contributed by atoms with Gasteiger partial charge in [-0.3, -0.25) is 4.90 Å². The Morgan fingerprint density at radius 3 is 2.77 bits per heavy atom. The fraction of sp³-hybridized carbons (Fsp3) is 0.412. The van der Waals surface area contributed by atoms with Crippen LogP contribution in [0, 0.1) is 18.2 Å². The second-order valence-electron chi connectivity index (χ2n) is 12.5. The molecule has 0 spiro atoms. The third kappa shape index (κ3) is 4.22. The number of piperazine rings is 1. The van der Waals surface area contributed by atoms with E-state index in [1.165, 1.54) is 0 Å². The first kappa shape index (κ1) is 26.6. The number of phenolic OH excluding ortho intramolecular Hbond substituents is 1. The standard InChI is InChI=1S/C34H33F2N5O2/c1-2-20-5-3-6-21-13-25(42)14-28(29(20)21)26-9-10-27-31(30(26)36)38-33(39-32(27)41-23-7-8-24(41)17-37-16-23)43-19-34-11-4-12-40(34)18-22(35)15-34/h1,3,5-6,9-10,13-14,22-24,37,42H,4,7-8,11-12,15-19H2/t22-,23?,24?,34+/m1/s1. The molecule has 4 aromatic rings. The van der Waals surface area contributed by atoms with E-state index in [1.807, 2.05) is 24.3 Å². The average molecular weight is 582 g/mol. The second kappa shape index (κ2) is 10.0. The lowest BCUT2D eigenvalue weighted by molar-refractivity contribution is 0.107. The van der Waals surface area contributed by atoms with E-state index < -0.39 is 12.0 Å². The van der Waals surface area contributed by atoms with E-state index in [4.69, 9.17) is 16.1 Å². The van der Waals surface area contributed by atoms with Crippen molar-refractivity contribution in [2.24, 2.45) is 0 Å². The summed E-state index contributed by atoms with van der Waals surface area (Å²) in [4.78, 5) is 14.1. The van der Waals surface area contributed by atoms with Crippen LogP contribution in [0.3, 0.4) is 0 Å². The van der Waals surface area contributed by atoms with Crippen LogP contribution in [0.4, 0.5) is 14.6 Å². The Kier molecular flexibility index (Phi) is 6.21. The number of terminal acetylenes is 1. The monoisotopic (exact) mass is 581 g/mol. The van der Waals surface area contributed by atoms with Crippen LogP contribution >= 0.6 is 0 Å². The summed E-state index contributed by atoms with van der Waals surface area (Å²) in [7, 11) is 0. The largest absolute Gasteiger partial charge is 0.508 e. The summed E-state index contributed by atoms with van der Waals surface area (Å²) in [5, 5.41) is 16.1. The maximum Gasteiger partial charge on any atom is 0.319 e. The number of ether oxygens (including phenoxy) is 1. The molecule has 0 aliphatic carbocycles. The number of aromatic nitrogens is 2. The van der Waals surface area contributed by atoms with Crippen LogP contribution in [0.2, 0.25) is 0 Å². The molecule has 7 nitrogen and oxygen atoms in total. The quantitative estimate of drug-likeness (QED) is 0.315. The molecular formula is C34H33F2N5O2. The SMILES string of the molecule is C#Cc1cccc2cc(O)cc(-c3ccc4c(N5C6CCC5CNC6)nc(OC[C@@]56CCCN5C[C@H](F)C6)nc4c3F)c12. The van der Waals surface area contributed by atoms with Gasteiger partial charge in [0.2, 0.25) is 0 Å². The van der Waals surface area contributed by atoms with Crippen molar-refractivity contribution < 1.29 is 18.6 Å². The Hall–Kier alpha value is -4.00. The van der Waals surface area contributed by atoms with Gasteiger partial charge >= 0.3 is 6.01 Å². The lowest BCUT2D eigenvalue weighted by Crippen LogP contribution is -2.52. The molecule has 4 aliphatic rings. The first-order valence-corrected chi connectivity index (χ1v) is 15.2. The zero-order valence-electron chi connectivity index (χ0n) is 23.8. The highest BCUT2D eigenvalue weighted by Crippen LogP contribution is 2.43. The Bertz CT molecular complexity index is 1790. The molecule has 4 saturated heterocycles. The van der Waals surface area contributed by atoms with Crippen molar-refractivity contribution in [2.75, 3.05) is 37.7 Å². The van der Waals surface area contributed by atoms with Gasteiger partial charge in [-0.25, -0.2) is 8.78 Å². The molecule has 4 fully saturated rings. The average Bonchev–Trinajstić information content (AvgIpc) is 3.61. The highest BCUT2D eigenvalue weighted by molar-refractivity contribution is 6.04. The predicted molar refractivity (Wildman–Crippen MR) is 163 cm³/mol. The van der Waals surface area contributed by atoms with E-state index in [0.29, 0.717) is 40.7 Å². The maximum absolute atomic E-state index is 16.8. The number of phenols is 1. The Labute approximate surface area is 248 Å². The molecule has 1 aromatic heterocycles. The van der Waals surface area contributed by atoms with Gasteiger partial charge in [0.15, 0.2) is 5.82 Å². The third-order valence-electron chi connectivity index (χ3n) is 10.0. The van der Waals surface area contributed by atoms with E-state index >= 15 is 4.39 Å². The molecule has 9 heteroatoms. The van der Waals surface area contributed by atoms with E-state index in [9.17, 15) is 9.50 Å². The van der Waals surface area contributed by atoms with Gasteiger partial charge in [0, 0.05) is 60.0 Å². The number of hydrogen-bond acceptors (Lipinski definition) is 7. The molecule has 220 valence electrons. The maximum atomic E-state index is 16.8. The molecule has 8 rings (SSSR count). The number of hydrogen-bond donors (Lipinski definition) is 2. The van der Waals surface area contributed by atoms with Crippen LogP contribution in [0.25, 0.3) is 32.8 Å². The van der Waals surface area contributed by atoms with Gasteiger partial charge in [-0.05, 0) is 67.4 Å². The molecule has 4 aliphatic heterocycles. The van der Waals surface area contributed by atoms with Crippen LogP contribution in [-0.2, 0) is 0 Å². The number of halogens is 2. The number of nitrogens with zero attached hydrogens (tertiary/aromatic N) is 4. The summed E-state index contributed by atoms with van der Waals surface area (Å²) in [5.41, 5.74) is 1.17. The van der Waals surface area contributed by atoms with Gasteiger partial charge < -0.3 is 20.1 Å². The summed E-state index contributed by atoms with van der Waals surface area (Å²) in [5.74, 6) is 2.86. The fourth-order valence-electron chi connectivity index (χ4n) is 8.11. The van der Waals surface area contributed by atoms with Crippen LogP contribution in [0.15, 0.2) is 42.5 Å². The topological polar surface area (TPSA) is 73.8 Å². The zero-order chi connectivity index (χ0) is 29.3. The van der Waals surface area contributed by atoms with Crippen molar-refractivity contribution in [1.29, 1.82) is 0 Å². The summed E-state index contributed by atoms with van der Waals surface area (Å²) in [6.45, 7) is 3.20. The molecule has 2 unspecified atom stereocenters. The minimum absolute atomic E-state index is 0.0177. The summed E-state index contributed by atoms with van der Waals surface area (Å²) >= 11 is 0. The normalized spacial score (nSPS) is 26.7. The Morgan fingerprint density at radius 1 is 1.12 bits per heavy atom. The number of nitrogens with one attached hydrogen (secondary N) is 1. The van der Waals surface area contributed by atoms with Gasteiger partial charge in [0.25, 0.3) is 0 Å².